The quantitative estimate of drug-likeness (QED) is 0.0514. The molecule has 0 aromatic rings. The lowest BCUT2D eigenvalue weighted by molar-refractivity contribution is -0.150. The summed E-state index contributed by atoms with van der Waals surface area (Å²) < 4.78 is 5.92. The van der Waals surface area contributed by atoms with E-state index in [9.17, 15) is 9.59 Å². The third-order valence-electron chi connectivity index (χ3n) is 7.74. The Labute approximate surface area is 248 Å². The van der Waals surface area contributed by atoms with Crippen LogP contribution in [0.5, 0.6) is 0 Å². The lowest BCUT2D eigenvalue weighted by Gasteiger charge is -2.18. The average molecular weight is 566 g/mol. The highest BCUT2D eigenvalue weighted by Gasteiger charge is 2.14. The molecule has 1 N–H and O–H groups in total. The molecule has 0 heterocycles. The predicted octanol–water partition coefficient (Wildman–Crippen LogP) is 10.3. The molecule has 0 spiro atoms. The largest absolute Gasteiger partial charge is 0.481 e. The summed E-state index contributed by atoms with van der Waals surface area (Å²) in [6.45, 7) is 3.20. The molecule has 0 aliphatic heterocycles. The van der Waals surface area contributed by atoms with Gasteiger partial charge in [-0.15, -0.1) is 0 Å². The predicted molar refractivity (Wildman–Crippen MR) is 171 cm³/mol. The van der Waals surface area contributed by atoms with Crippen LogP contribution in [0, 0.1) is 0 Å². The summed E-state index contributed by atoms with van der Waals surface area (Å²) in [6.07, 6.45) is 34.5. The van der Waals surface area contributed by atoms with Crippen LogP contribution >= 0.6 is 0 Å². The van der Waals surface area contributed by atoms with Crippen LogP contribution in [0.3, 0.4) is 0 Å². The van der Waals surface area contributed by atoms with E-state index in [0.29, 0.717) is 12.8 Å². The minimum atomic E-state index is -0.673. The number of esters is 1. The number of allylic oxidation sites excluding steroid dienone is 2. The fraction of sp³-hybridized carbons (Fsp3) is 0.886. The van der Waals surface area contributed by atoms with Crippen LogP contribution in [-0.4, -0.2) is 48.7 Å². The molecule has 0 bridgehead atoms. The molecule has 0 aromatic carbocycles. The van der Waals surface area contributed by atoms with Crippen LogP contribution in [0.1, 0.15) is 174 Å². The minimum Gasteiger partial charge on any atom is -0.481 e. The lowest BCUT2D eigenvalue weighted by Crippen LogP contribution is -2.20. The van der Waals surface area contributed by atoms with Gasteiger partial charge in [0.05, 0.1) is 0 Å². The van der Waals surface area contributed by atoms with Gasteiger partial charge in [0.1, 0.15) is 6.10 Å². The molecule has 236 valence electrons. The van der Waals surface area contributed by atoms with E-state index in [1.54, 1.807) is 0 Å². The van der Waals surface area contributed by atoms with Gasteiger partial charge in [-0.2, -0.15) is 0 Å². The van der Waals surface area contributed by atoms with Crippen molar-refractivity contribution in [1.82, 2.24) is 4.90 Å². The van der Waals surface area contributed by atoms with Gasteiger partial charge >= 0.3 is 11.9 Å². The molecule has 5 nitrogen and oxygen atoms in total. The first-order chi connectivity index (χ1) is 19.5. The second-order valence-electron chi connectivity index (χ2n) is 12.2. The van der Waals surface area contributed by atoms with Gasteiger partial charge in [0, 0.05) is 12.8 Å². The molecule has 0 fully saturated rings. The molecule has 0 aromatic heterocycles. The Morgan fingerprint density at radius 2 is 1.07 bits per heavy atom. The third kappa shape index (κ3) is 31.2. The van der Waals surface area contributed by atoms with E-state index in [1.165, 1.54) is 109 Å². The van der Waals surface area contributed by atoms with Crippen molar-refractivity contribution in [2.45, 2.75) is 180 Å². The summed E-state index contributed by atoms with van der Waals surface area (Å²) in [5.41, 5.74) is 0. The smallest absolute Gasteiger partial charge is 0.306 e. The molecule has 0 radical (unpaired) electrons. The Balaban J connectivity index is 3.76. The molecule has 0 amide bonds. The number of unbranched alkanes of at least 4 members (excludes halogenated alkanes) is 18. The number of aliphatic carboxylic acids is 1. The molecule has 40 heavy (non-hydrogen) atoms. The van der Waals surface area contributed by atoms with Gasteiger partial charge in [-0.05, 0) is 84.8 Å². The van der Waals surface area contributed by atoms with Crippen molar-refractivity contribution in [3.63, 3.8) is 0 Å². The van der Waals surface area contributed by atoms with Crippen LogP contribution in [0.15, 0.2) is 12.2 Å². The van der Waals surface area contributed by atoms with E-state index >= 15 is 0 Å². The number of carbonyl (C=O) groups is 2. The molecule has 5 heteroatoms. The Hall–Kier alpha value is -1.36. The summed E-state index contributed by atoms with van der Waals surface area (Å²) in [5, 5.41) is 8.64. The highest BCUT2D eigenvalue weighted by atomic mass is 16.5. The van der Waals surface area contributed by atoms with Crippen molar-refractivity contribution >= 4 is 11.9 Å². The topological polar surface area (TPSA) is 66.8 Å². The number of rotatable bonds is 31. The summed E-state index contributed by atoms with van der Waals surface area (Å²) in [4.78, 5) is 25.0. The second kappa shape index (κ2) is 30.6. The number of ether oxygens (including phenoxy) is 1. The first-order valence-corrected chi connectivity index (χ1v) is 17.2. The summed E-state index contributed by atoms with van der Waals surface area (Å²) in [7, 11) is 4.10. The molecule has 0 rings (SSSR count). The van der Waals surface area contributed by atoms with Crippen LogP contribution in [0.4, 0.5) is 0 Å². The highest BCUT2D eigenvalue weighted by molar-refractivity contribution is 5.69. The van der Waals surface area contributed by atoms with Crippen molar-refractivity contribution in [1.29, 1.82) is 0 Å². The van der Waals surface area contributed by atoms with Gasteiger partial charge < -0.3 is 14.7 Å². The van der Waals surface area contributed by atoms with Crippen LogP contribution < -0.4 is 0 Å². The zero-order valence-corrected chi connectivity index (χ0v) is 26.9. The van der Waals surface area contributed by atoms with Gasteiger partial charge in [-0.3, -0.25) is 9.59 Å². The zero-order chi connectivity index (χ0) is 29.5. The zero-order valence-electron chi connectivity index (χ0n) is 26.9. The standard InChI is InChI=1S/C35H67NO4/c1-4-5-6-7-21-24-28-33(40-35(39)31-27-32-36(2)3)29-25-22-19-17-15-13-11-9-8-10-12-14-16-18-20-23-26-30-34(37)38/h10,12,33H,4-9,11,13-32H2,1-3H3,(H,37,38)/b12-10-. The van der Waals surface area contributed by atoms with Gasteiger partial charge in [-0.25, -0.2) is 0 Å². The Morgan fingerprint density at radius 3 is 1.55 bits per heavy atom. The van der Waals surface area contributed by atoms with E-state index in [0.717, 1.165) is 51.5 Å². The molecular formula is C35H67NO4. The molecule has 0 saturated carbocycles. The van der Waals surface area contributed by atoms with Crippen molar-refractivity contribution < 1.29 is 19.4 Å². The van der Waals surface area contributed by atoms with Crippen molar-refractivity contribution in [3.8, 4) is 0 Å². The first-order valence-electron chi connectivity index (χ1n) is 17.2. The maximum atomic E-state index is 12.4. The van der Waals surface area contributed by atoms with E-state index in [1.807, 2.05) is 14.1 Å². The Kier molecular flexibility index (Phi) is 29.6. The molecule has 1 unspecified atom stereocenters. The molecule has 1 atom stereocenters. The second-order valence-corrected chi connectivity index (χ2v) is 12.2. The fourth-order valence-corrected chi connectivity index (χ4v) is 5.20. The van der Waals surface area contributed by atoms with Crippen molar-refractivity contribution in [3.05, 3.63) is 12.2 Å². The summed E-state index contributed by atoms with van der Waals surface area (Å²) in [5.74, 6) is -0.675. The number of carboxylic acid groups (broad SMARTS) is 1. The Bertz CT molecular complexity index is 590. The summed E-state index contributed by atoms with van der Waals surface area (Å²) >= 11 is 0. The molecule has 0 aliphatic carbocycles. The maximum absolute atomic E-state index is 12.4. The average Bonchev–Trinajstić information content (AvgIpc) is 2.91. The monoisotopic (exact) mass is 566 g/mol. The van der Waals surface area contributed by atoms with Crippen LogP contribution in [-0.2, 0) is 14.3 Å². The van der Waals surface area contributed by atoms with Gasteiger partial charge in [0.2, 0.25) is 0 Å². The number of carbonyl (C=O) groups excluding carboxylic acids is 1. The van der Waals surface area contributed by atoms with E-state index in [-0.39, 0.29) is 12.1 Å². The number of nitrogens with zero attached hydrogens (tertiary/aromatic N) is 1. The molecule has 0 aliphatic rings. The van der Waals surface area contributed by atoms with E-state index in [4.69, 9.17) is 9.84 Å². The normalized spacial score (nSPS) is 12.4. The number of carboxylic acids is 1. The molecular weight excluding hydrogens is 498 g/mol. The van der Waals surface area contributed by atoms with Gasteiger partial charge in [0.15, 0.2) is 0 Å². The van der Waals surface area contributed by atoms with E-state index < -0.39 is 5.97 Å². The maximum Gasteiger partial charge on any atom is 0.306 e. The Morgan fingerprint density at radius 1 is 0.625 bits per heavy atom. The highest BCUT2D eigenvalue weighted by Crippen LogP contribution is 2.18. The van der Waals surface area contributed by atoms with Crippen LogP contribution in [0.2, 0.25) is 0 Å². The number of hydrogen-bond donors (Lipinski definition) is 1. The minimum absolute atomic E-state index is 0.00218. The van der Waals surface area contributed by atoms with Gasteiger partial charge in [0.25, 0.3) is 0 Å². The number of hydrogen-bond acceptors (Lipinski definition) is 4. The van der Waals surface area contributed by atoms with E-state index in [2.05, 4.69) is 24.0 Å². The lowest BCUT2D eigenvalue weighted by atomic mass is 10.0. The summed E-state index contributed by atoms with van der Waals surface area (Å²) in [6, 6.07) is 0. The molecule has 0 saturated heterocycles. The van der Waals surface area contributed by atoms with Crippen LogP contribution in [0.25, 0.3) is 0 Å². The third-order valence-corrected chi connectivity index (χ3v) is 7.74. The first kappa shape index (κ1) is 38.6. The van der Waals surface area contributed by atoms with Crippen molar-refractivity contribution in [2.75, 3.05) is 20.6 Å². The van der Waals surface area contributed by atoms with Gasteiger partial charge in [-0.1, -0.05) is 109 Å². The SMILES string of the molecule is CCCCCCCCC(CCCCCCCCCC/C=C\CCCCCCCC(=O)O)OC(=O)CCCN(C)C. The van der Waals surface area contributed by atoms with Crippen molar-refractivity contribution in [2.24, 2.45) is 0 Å². The fourth-order valence-electron chi connectivity index (χ4n) is 5.20.